The van der Waals surface area contributed by atoms with Crippen LogP contribution in [0.2, 0.25) is 0 Å². The van der Waals surface area contributed by atoms with Gasteiger partial charge in [0.25, 0.3) is 0 Å². The first-order valence-electron chi connectivity index (χ1n) is 3.99. The Morgan fingerprint density at radius 3 is 2.31 bits per heavy atom. The number of hydrogen-bond acceptors (Lipinski definition) is 2. The molecule has 0 amide bonds. The van der Waals surface area contributed by atoms with E-state index >= 15 is 0 Å². The van der Waals surface area contributed by atoms with Crippen molar-refractivity contribution in [1.82, 2.24) is 5.73 Å². The van der Waals surface area contributed by atoms with Crippen LogP contribution in [-0.4, -0.2) is 13.8 Å². The van der Waals surface area contributed by atoms with Crippen LogP contribution in [0.25, 0.3) is 0 Å². The highest BCUT2D eigenvalue weighted by Crippen LogP contribution is 2.08. The SMILES string of the molecule is CC([NH])S(=O)(=O)Cc1ccccc1. The van der Waals surface area contributed by atoms with E-state index in [0.29, 0.717) is 0 Å². The zero-order valence-electron chi connectivity index (χ0n) is 7.40. The van der Waals surface area contributed by atoms with Gasteiger partial charge >= 0.3 is 0 Å². The average Bonchev–Trinajstić information content (AvgIpc) is 2.05. The lowest BCUT2D eigenvalue weighted by atomic mass is 10.2. The van der Waals surface area contributed by atoms with Crippen molar-refractivity contribution in [2.24, 2.45) is 0 Å². The predicted octanol–water partition coefficient (Wildman–Crippen LogP) is 1.23. The summed E-state index contributed by atoms with van der Waals surface area (Å²) in [5.41, 5.74) is 7.88. The zero-order chi connectivity index (χ0) is 9.90. The Balaban J connectivity index is 2.82. The fraction of sp³-hybridized carbons (Fsp3) is 0.333. The van der Waals surface area contributed by atoms with Gasteiger partial charge in [-0.15, -0.1) is 0 Å². The first kappa shape index (κ1) is 10.2. The summed E-state index contributed by atoms with van der Waals surface area (Å²) in [6, 6.07) is 8.92. The second-order valence-corrected chi connectivity index (χ2v) is 5.26. The van der Waals surface area contributed by atoms with Crippen LogP contribution < -0.4 is 5.73 Å². The van der Waals surface area contributed by atoms with Crippen LogP contribution in [0.1, 0.15) is 12.5 Å². The molecule has 1 aromatic rings. The van der Waals surface area contributed by atoms with Crippen LogP contribution in [0.4, 0.5) is 0 Å². The van der Waals surface area contributed by atoms with Gasteiger partial charge < -0.3 is 0 Å². The molecule has 0 aromatic heterocycles. The van der Waals surface area contributed by atoms with E-state index in [1.54, 1.807) is 24.3 Å². The maximum absolute atomic E-state index is 11.3. The van der Waals surface area contributed by atoms with Gasteiger partial charge in [0.1, 0.15) is 5.37 Å². The molecule has 0 aliphatic carbocycles. The summed E-state index contributed by atoms with van der Waals surface area (Å²) in [5.74, 6) is -0.0431. The summed E-state index contributed by atoms with van der Waals surface area (Å²) in [7, 11) is -3.28. The molecule has 0 saturated carbocycles. The van der Waals surface area contributed by atoms with Gasteiger partial charge in [-0.1, -0.05) is 30.3 Å². The molecular weight excluding hydrogens is 186 g/mol. The lowest BCUT2D eigenvalue weighted by molar-refractivity contribution is 0.582. The molecule has 0 saturated heterocycles. The largest absolute Gasteiger partial charge is 0.239 e. The van der Waals surface area contributed by atoms with Gasteiger partial charge in [0, 0.05) is 0 Å². The Kier molecular flexibility index (Phi) is 3.06. The molecule has 3 nitrogen and oxygen atoms in total. The lowest BCUT2D eigenvalue weighted by Crippen LogP contribution is -2.20. The Hall–Kier alpha value is -0.870. The molecule has 1 rings (SSSR count). The monoisotopic (exact) mass is 198 g/mol. The maximum atomic E-state index is 11.3. The fourth-order valence-corrected chi connectivity index (χ4v) is 1.84. The first-order valence-corrected chi connectivity index (χ1v) is 5.70. The molecule has 1 unspecified atom stereocenters. The van der Waals surface area contributed by atoms with Crippen LogP contribution in [0, 0.1) is 0 Å². The molecule has 0 bridgehead atoms. The average molecular weight is 198 g/mol. The Bertz CT molecular complexity index is 356. The van der Waals surface area contributed by atoms with Gasteiger partial charge in [0.2, 0.25) is 0 Å². The van der Waals surface area contributed by atoms with Crippen LogP contribution >= 0.6 is 0 Å². The summed E-state index contributed by atoms with van der Waals surface area (Å²) < 4.78 is 22.6. The van der Waals surface area contributed by atoms with Gasteiger partial charge in [-0.3, -0.25) is 0 Å². The molecule has 1 atom stereocenters. The molecule has 71 valence electrons. The molecule has 1 radical (unpaired) electrons. The summed E-state index contributed by atoms with van der Waals surface area (Å²) in [6.45, 7) is 1.37. The van der Waals surface area contributed by atoms with Crippen molar-refractivity contribution in [2.45, 2.75) is 18.1 Å². The second kappa shape index (κ2) is 3.89. The maximum Gasteiger partial charge on any atom is 0.171 e. The molecule has 0 aliphatic rings. The molecule has 1 aromatic carbocycles. The highest BCUT2D eigenvalue weighted by Gasteiger charge is 2.17. The first-order chi connectivity index (χ1) is 6.02. The fourth-order valence-electron chi connectivity index (χ4n) is 0.932. The van der Waals surface area contributed by atoms with E-state index in [9.17, 15) is 8.42 Å². The number of benzene rings is 1. The minimum atomic E-state index is -3.28. The van der Waals surface area contributed by atoms with Gasteiger partial charge in [0.15, 0.2) is 9.84 Å². The highest BCUT2D eigenvalue weighted by atomic mass is 32.2. The van der Waals surface area contributed by atoms with Crippen LogP contribution in [0.15, 0.2) is 30.3 Å². The molecule has 13 heavy (non-hydrogen) atoms. The summed E-state index contributed by atoms with van der Waals surface area (Å²) in [6.07, 6.45) is 0. The van der Waals surface area contributed by atoms with Crippen molar-refractivity contribution in [3.63, 3.8) is 0 Å². The summed E-state index contributed by atoms with van der Waals surface area (Å²) in [5, 5.41) is -1.05. The molecule has 1 N–H and O–H groups in total. The standard InChI is InChI=1S/C9H12NO2S/c1-8(10)13(11,12)7-9-5-3-2-4-6-9/h2-6,8,10H,7H2,1H3. The zero-order valence-corrected chi connectivity index (χ0v) is 8.21. The quantitative estimate of drug-likeness (QED) is 0.733. The van der Waals surface area contributed by atoms with Crippen LogP contribution in [0.5, 0.6) is 0 Å². The van der Waals surface area contributed by atoms with Crippen LogP contribution in [0.3, 0.4) is 0 Å². The van der Waals surface area contributed by atoms with E-state index in [1.807, 2.05) is 6.07 Å². The number of sulfone groups is 1. The topological polar surface area (TPSA) is 57.9 Å². The third-order valence-electron chi connectivity index (χ3n) is 1.75. The van der Waals surface area contributed by atoms with E-state index in [2.05, 4.69) is 0 Å². The normalized spacial score (nSPS) is 14.0. The molecular formula is C9H12NO2S. The van der Waals surface area contributed by atoms with Crippen molar-refractivity contribution in [3.05, 3.63) is 35.9 Å². The van der Waals surface area contributed by atoms with E-state index in [1.165, 1.54) is 6.92 Å². The minimum absolute atomic E-state index is 0.0431. The Morgan fingerprint density at radius 1 is 1.31 bits per heavy atom. The predicted molar refractivity (Wildman–Crippen MR) is 51.6 cm³/mol. The van der Waals surface area contributed by atoms with Crippen LogP contribution in [-0.2, 0) is 15.6 Å². The minimum Gasteiger partial charge on any atom is -0.239 e. The molecule has 0 fully saturated rings. The highest BCUT2D eigenvalue weighted by molar-refractivity contribution is 7.91. The van der Waals surface area contributed by atoms with Crippen molar-refractivity contribution < 1.29 is 8.42 Å². The third kappa shape index (κ3) is 2.82. The summed E-state index contributed by atoms with van der Waals surface area (Å²) >= 11 is 0. The Labute approximate surface area is 78.5 Å². The van der Waals surface area contributed by atoms with Crippen molar-refractivity contribution in [3.8, 4) is 0 Å². The van der Waals surface area contributed by atoms with Crippen molar-refractivity contribution in [2.75, 3.05) is 0 Å². The molecule has 0 heterocycles. The smallest absolute Gasteiger partial charge is 0.171 e. The van der Waals surface area contributed by atoms with Gasteiger partial charge in [-0.25, -0.2) is 14.2 Å². The molecule has 4 heteroatoms. The van der Waals surface area contributed by atoms with E-state index in [0.717, 1.165) is 5.56 Å². The second-order valence-electron chi connectivity index (χ2n) is 2.94. The molecule has 0 aliphatic heterocycles. The van der Waals surface area contributed by atoms with Crippen molar-refractivity contribution in [1.29, 1.82) is 0 Å². The lowest BCUT2D eigenvalue weighted by Gasteiger charge is -2.06. The number of nitrogens with one attached hydrogen (secondary N) is 1. The van der Waals surface area contributed by atoms with E-state index in [4.69, 9.17) is 5.73 Å². The Morgan fingerprint density at radius 2 is 1.85 bits per heavy atom. The number of hydrogen-bond donors (Lipinski definition) is 0. The van der Waals surface area contributed by atoms with Gasteiger partial charge in [-0.05, 0) is 12.5 Å². The van der Waals surface area contributed by atoms with Crippen molar-refractivity contribution >= 4 is 9.84 Å². The van der Waals surface area contributed by atoms with E-state index < -0.39 is 15.2 Å². The number of rotatable bonds is 3. The van der Waals surface area contributed by atoms with Gasteiger partial charge in [0.05, 0.1) is 5.75 Å². The summed E-state index contributed by atoms with van der Waals surface area (Å²) in [4.78, 5) is 0. The van der Waals surface area contributed by atoms with E-state index in [-0.39, 0.29) is 5.75 Å². The van der Waals surface area contributed by atoms with Gasteiger partial charge in [-0.2, -0.15) is 0 Å². The third-order valence-corrected chi connectivity index (χ3v) is 3.56. The molecule has 0 spiro atoms.